The zero-order valence-electron chi connectivity index (χ0n) is 24.0. The number of aromatic nitrogens is 6. The number of nitrogens with zero attached hydrogens (tertiary/aromatic N) is 5. The molecule has 4 heterocycles. The van der Waals surface area contributed by atoms with Gasteiger partial charge in [-0.3, -0.25) is 9.78 Å². The third-order valence-corrected chi connectivity index (χ3v) is 13.2. The highest BCUT2D eigenvalue weighted by Gasteiger charge is 2.38. The number of H-pyrrole nitrogens is 1. The smallest absolute Gasteiger partial charge is 0.262 e. The summed E-state index contributed by atoms with van der Waals surface area (Å²) in [6, 6.07) is 0. The molecule has 2 aliphatic heterocycles. The summed E-state index contributed by atoms with van der Waals surface area (Å²) in [6.45, 7) is 5.23. The van der Waals surface area contributed by atoms with Crippen LogP contribution in [0.5, 0.6) is 0 Å². The molecule has 10 nitrogen and oxygen atoms in total. The molecule has 6 atom stereocenters. The number of fused-ring (bicyclic) bond motifs is 8. The predicted octanol–water partition coefficient (Wildman–Crippen LogP) is 4.65. The predicted molar refractivity (Wildman–Crippen MR) is 152 cm³/mol. The van der Waals surface area contributed by atoms with Crippen molar-refractivity contribution in [2.45, 2.75) is 114 Å². The van der Waals surface area contributed by atoms with E-state index in [1.54, 1.807) is 11.0 Å². The van der Waals surface area contributed by atoms with Crippen LogP contribution in [0.1, 0.15) is 96.7 Å². The second-order valence-corrected chi connectivity index (χ2v) is 16.5. The van der Waals surface area contributed by atoms with Crippen molar-refractivity contribution in [3.05, 3.63) is 12.2 Å². The van der Waals surface area contributed by atoms with E-state index >= 15 is 0 Å². The van der Waals surface area contributed by atoms with Gasteiger partial charge < -0.3 is 0 Å². The van der Waals surface area contributed by atoms with E-state index in [-0.39, 0.29) is 27.7 Å². The number of nitrogens with one attached hydrogen (secondary N) is 1. The Labute approximate surface area is 239 Å². The zero-order chi connectivity index (χ0) is 28.3. The highest BCUT2D eigenvalue weighted by atomic mass is 32.2. The number of sulfone groups is 2. The van der Waals surface area contributed by atoms with Gasteiger partial charge in [0, 0.05) is 13.0 Å². The average Bonchev–Trinajstić information content (AvgIpc) is 3.70. The first-order valence-corrected chi connectivity index (χ1v) is 18.7. The summed E-state index contributed by atoms with van der Waals surface area (Å²) in [5.74, 6) is 4.59. The highest BCUT2D eigenvalue weighted by Crippen LogP contribution is 2.43. The van der Waals surface area contributed by atoms with Gasteiger partial charge in [0.15, 0.2) is 0 Å². The fraction of sp³-hybridized carbons (Fsp3) is 0.857. The molecule has 12 heteroatoms. The minimum atomic E-state index is -3.33. The largest absolute Gasteiger partial charge is 0.266 e. The molecule has 2 aromatic rings. The normalized spacial score (nSPS) is 33.4. The Morgan fingerprint density at radius 2 is 1.43 bits per heavy atom. The first kappa shape index (κ1) is 29.7. The Morgan fingerprint density at radius 3 is 2.05 bits per heavy atom. The first-order chi connectivity index (χ1) is 19.2. The van der Waals surface area contributed by atoms with E-state index in [0.29, 0.717) is 29.5 Å². The van der Waals surface area contributed by atoms with Crippen LogP contribution in [0.15, 0.2) is 16.6 Å². The Morgan fingerprint density at radius 1 is 0.825 bits per heavy atom. The topological polar surface area (TPSA) is 141 Å². The van der Waals surface area contributed by atoms with Gasteiger partial charge in [0.1, 0.15) is 12.2 Å². The molecule has 0 radical (unpaired) electrons. The zero-order valence-corrected chi connectivity index (χ0v) is 25.7. The first-order valence-electron chi connectivity index (χ1n) is 15.4. The minimum Gasteiger partial charge on any atom is -0.262 e. The van der Waals surface area contributed by atoms with Crippen LogP contribution in [-0.2, 0) is 32.6 Å². The summed E-state index contributed by atoms with van der Waals surface area (Å²) >= 11 is 0. The van der Waals surface area contributed by atoms with Crippen LogP contribution in [-0.4, -0.2) is 58.3 Å². The Bertz CT molecular complexity index is 1240. The van der Waals surface area contributed by atoms with Crippen LogP contribution < -0.4 is 0 Å². The third-order valence-electron chi connectivity index (χ3n) is 9.87. The van der Waals surface area contributed by atoms with Crippen LogP contribution in [0.25, 0.3) is 0 Å². The van der Waals surface area contributed by atoms with E-state index in [1.807, 2.05) is 0 Å². The summed E-state index contributed by atoms with van der Waals surface area (Å²) in [4.78, 5) is 8.16. The van der Waals surface area contributed by atoms with Gasteiger partial charge in [-0.15, -0.1) is 10.2 Å². The van der Waals surface area contributed by atoms with Crippen LogP contribution >= 0.6 is 0 Å². The highest BCUT2D eigenvalue weighted by molar-refractivity contribution is 7.91. The molecule has 2 saturated carbocycles. The lowest BCUT2D eigenvalue weighted by atomic mass is 9.89. The molecule has 8 bridgehead atoms. The van der Waals surface area contributed by atoms with Gasteiger partial charge in [-0.1, -0.05) is 52.4 Å². The molecular weight excluding hydrogens is 548 g/mol. The molecular formula is C28H46N6O4S2. The number of aryl methyl sites for hydroxylation is 2. The van der Waals surface area contributed by atoms with Gasteiger partial charge in [0.25, 0.3) is 10.3 Å². The number of hydrogen-bond acceptors (Lipinski definition) is 8. The molecule has 2 aromatic heterocycles. The van der Waals surface area contributed by atoms with E-state index in [0.717, 1.165) is 57.4 Å². The molecule has 2 aliphatic carbocycles. The van der Waals surface area contributed by atoms with Gasteiger partial charge in [-0.05, 0) is 74.0 Å². The van der Waals surface area contributed by atoms with Crippen molar-refractivity contribution in [2.75, 3.05) is 11.5 Å². The van der Waals surface area contributed by atoms with Crippen LogP contribution in [0.3, 0.4) is 0 Å². The van der Waals surface area contributed by atoms with E-state index in [4.69, 9.17) is 0 Å². The standard InChI is InChI=1S/2C14H23N3O2S/c1-2-12-7-11-8-13(12)5-3-4-6-17-10-15-14(16-17)20(18,19)9-11;1-2-11-7-10-8-12(11)5-3-4-6-13-15-14(17-16-13)20(18,19)9-10/h10-13H,2-9H2,1H3;10-12H,2-9H2,1H3,(H,15,16,17). The van der Waals surface area contributed by atoms with E-state index in [2.05, 4.69) is 39.1 Å². The fourth-order valence-electron chi connectivity index (χ4n) is 7.86. The van der Waals surface area contributed by atoms with E-state index in [9.17, 15) is 16.8 Å². The van der Waals surface area contributed by atoms with Gasteiger partial charge in [0.2, 0.25) is 19.7 Å². The van der Waals surface area contributed by atoms with Crippen molar-refractivity contribution in [3.8, 4) is 0 Å². The Hall–Kier alpha value is -1.82. The lowest BCUT2D eigenvalue weighted by molar-refractivity contribution is 0.339. The molecule has 6 unspecified atom stereocenters. The van der Waals surface area contributed by atoms with E-state index < -0.39 is 19.7 Å². The van der Waals surface area contributed by atoms with Crippen molar-refractivity contribution >= 4 is 19.7 Å². The molecule has 224 valence electrons. The summed E-state index contributed by atoms with van der Waals surface area (Å²) in [5, 5.41) is 10.8. The van der Waals surface area contributed by atoms with Crippen LogP contribution in [0.4, 0.5) is 0 Å². The molecule has 6 rings (SSSR count). The molecule has 2 fully saturated rings. The van der Waals surface area contributed by atoms with Gasteiger partial charge >= 0.3 is 0 Å². The van der Waals surface area contributed by atoms with E-state index in [1.165, 1.54) is 38.5 Å². The molecule has 4 aliphatic rings. The maximum Gasteiger partial charge on any atom is 0.266 e. The van der Waals surface area contributed by atoms with Crippen LogP contribution in [0, 0.1) is 35.5 Å². The lowest BCUT2D eigenvalue weighted by Crippen LogP contribution is -2.16. The van der Waals surface area contributed by atoms with Crippen molar-refractivity contribution in [1.82, 2.24) is 29.9 Å². The Balaban J connectivity index is 0.000000161. The summed E-state index contributed by atoms with van der Waals surface area (Å²) < 4.78 is 51.2. The second-order valence-electron chi connectivity index (χ2n) is 12.7. The minimum absolute atomic E-state index is 0.00423. The maximum absolute atomic E-state index is 12.4. The number of rotatable bonds is 2. The quantitative estimate of drug-likeness (QED) is 0.530. The third kappa shape index (κ3) is 6.97. The van der Waals surface area contributed by atoms with Crippen LogP contribution in [0.2, 0.25) is 0 Å². The summed E-state index contributed by atoms with van der Waals surface area (Å²) in [7, 11) is -6.64. The second kappa shape index (κ2) is 12.6. The SMILES string of the molecule is CCC1CC2CC1CCCCc1nc(n[nH]1)S(=O)(=O)C2.CCC1CC2CC1CCCCn1cnc(n1)S(=O)(=O)C2. The molecule has 0 spiro atoms. The average molecular weight is 595 g/mol. The number of aromatic amines is 1. The van der Waals surface area contributed by atoms with Gasteiger partial charge in [-0.25, -0.2) is 26.8 Å². The van der Waals surface area contributed by atoms with Crippen molar-refractivity contribution < 1.29 is 16.8 Å². The fourth-order valence-corrected chi connectivity index (χ4v) is 10.8. The molecule has 1 N–H and O–H groups in total. The molecule has 0 amide bonds. The molecule has 0 aromatic carbocycles. The monoisotopic (exact) mass is 594 g/mol. The van der Waals surface area contributed by atoms with Gasteiger partial charge in [0.05, 0.1) is 11.5 Å². The number of hydrogen-bond donors (Lipinski definition) is 1. The maximum atomic E-state index is 12.4. The van der Waals surface area contributed by atoms with Crippen molar-refractivity contribution in [1.29, 1.82) is 0 Å². The van der Waals surface area contributed by atoms with Gasteiger partial charge in [-0.2, -0.15) is 0 Å². The van der Waals surface area contributed by atoms with Crippen molar-refractivity contribution in [2.24, 2.45) is 35.5 Å². The molecule has 40 heavy (non-hydrogen) atoms. The lowest BCUT2D eigenvalue weighted by Gasteiger charge is -2.17. The Kier molecular flexibility index (Phi) is 9.34. The van der Waals surface area contributed by atoms with Crippen molar-refractivity contribution in [3.63, 3.8) is 0 Å². The summed E-state index contributed by atoms with van der Waals surface area (Å²) in [6.07, 6.45) is 15.9. The molecule has 0 saturated heterocycles. The summed E-state index contributed by atoms with van der Waals surface area (Å²) in [5.41, 5.74) is 0.